The fourth-order valence-electron chi connectivity index (χ4n) is 1.38. The highest BCUT2D eigenvalue weighted by Gasteiger charge is 2.13. The summed E-state index contributed by atoms with van der Waals surface area (Å²) in [6.07, 6.45) is 2.42. The van der Waals surface area contributed by atoms with E-state index in [4.69, 9.17) is 10.0 Å². The Morgan fingerprint density at radius 3 is 2.57 bits per heavy atom. The summed E-state index contributed by atoms with van der Waals surface area (Å²) in [5.74, 6) is 0.543. The summed E-state index contributed by atoms with van der Waals surface area (Å²) in [6, 6.07) is 1.81. The van der Waals surface area contributed by atoms with Gasteiger partial charge in [0, 0.05) is 17.4 Å². The molecule has 3 nitrogen and oxygen atoms in total. The van der Waals surface area contributed by atoms with Gasteiger partial charge in [0.25, 0.3) is 0 Å². The molecule has 0 unspecified atom stereocenters. The maximum Gasteiger partial charge on any atom is 0.490 e. The molecule has 0 bridgehead atoms. The lowest BCUT2D eigenvalue weighted by atomic mass is 9.80. The first-order valence-corrected chi connectivity index (χ1v) is 4.82. The molecular formula is C10H16BNO2. The van der Waals surface area contributed by atoms with Gasteiger partial charge >= 0.3 is 7.12 Å². The Kier molecular flexibility index (Phi) is 3.66. The van der Waals surface area contributed by atoms with Crippen LogP contribution in [-0.2, 0) is 6.42 Å². The van der Waals surface area contributed by atoms with E-state index in [1.807, 2.05) is 13.0 Å². The van der Waals surface area contributed by atoms with Gasteiger partial charge in [-0.15, -0.1) is 0 Å². The molecule has 0 saturated heterocycles. The normalized spacial score (nSPS) is 10.7. The third-order valence-electron chi connectivity index (χ3n) is 2.14. The minimum Gasteiger partial charge on any atom is -0.423 e. The SMILES string of the molecule is Cc1ncc(B(O)O)cc1CC(C)C. The van der Waals surface area contributed by atoms with E-state index in [-0.39, 0.29) is 0 Å². The van der Waals surface area contributed by atoms with Gasteiger partial charge in [-0.1, -0.05) is 19.9 Å². The van der Waals surface area contributed by atoms with Gasteiger partial charge in [-0.05, 0) is 24.8 Å². The van der Waals surface area contributed by atoms with E-state index in [0.29, 0.717) is 11.4 Å². The quantitative estimate of drug-likeness (QED) is 0.677. The average molecular weight is 193 g/mol. The Morgan fingerprint density at radius 2 is 2.07 bits per heavy atom. The highest BCUT2D eigenvalue weighted by Crippen LogP contribution is 2.09. The second-order valence-corrected chi connectivity index (χ2v) is 3.98. The number of hydrogen-bond acceptors (Lipinski definition) is 3. The highest BCUT2D eigenvalue weighted by molar-refractivity contribution is 6.58. The first kappa shape index (κ1) is 11.2. The van der Waals surface area contributed by atoms with Crippen LogP contribution in [0.3, 0.4) is 0 Å². The third kappa shape index (κ3) is 2.82. The maximum atomic E-state index is 8.99. The second-order valence-electron chi connectivity index (χ2n) is 3.98. The molecule has 0 fully saturated rings. The van der Waals surface area contributed by atoms with Crippen LogP contribution in [-0.4, -0.2) is 22.2 Å². The molecule has 0 amide bonds. The Hall–Kier alpha value is -0.865. The Balaban J connectivity index is 2.96. The zero-order valence-corrected chi connectivity index (χ0v) is 8.86. The molecule has 0 saturated carbocycles. The molecular weight excluding hydrogens is 177 g/mol. The number of hydrogen-bond donors (Lipinski definition) is 2. The van der Waals surface area contributed by atoms with E-state index in [1.165, 1.54) is 6.20 Å². The first-order valence-electron chi connectivity index (χ1n) is 4.82. The minimum atomic E-state index is -1.42. The largest absolute Gasteiger partial charge is 0.490 e. The molecule has 0 aliphatic rings. The predicted molar refractivity (Wildman–Crippen MR) is 57.3 cm³/mol. The summed E-state index contributed by atoms with van der Waals surface area (Å²) < 4.78 is 0. The van der Waals surface area contributed by atoms with Crippen molar-refractivity contribution >= 4 is 12.6 Å². The van der Waals surface area contributed by atoms with Gasteiger partial charge in [0.05, 0.1) is 0 Å². The fourth-order valence-corrected chi connectivity index (χ4v) is 1.38. The minimum absolute atomic E-state index is 0.464. The molecule has 1 aromatic heterocycles. The molecule has 2 N–H and O–H groups in total. The lowest BCUT2D eigenvalue weighted by molar-refractivity contribution is 0.425. The van der Waals surface area contributed by atoms with Crippen molar-refractivity contribution in [2.45, 2.75) is 27.2 Å². The topological polar surface area (TPSA) is 53.4 Å². The Labute approximate surface area is 85.0 Å². The van der Waals surface area contributed by atoms with E-state index in [2.05, 4.69) is 18.8 Å². The number of aromatic nitrogens is 1. The number of rotatable bonds is 3. The van der Waals surface area contributed by atoms with E-state index >= 15 is 0 Å². The van der Waals surface area contributed by atoms with E-state index in [0.717, 1.165) is 17.7 Å². The lowest BCUT2D eigenvalue weighted by Crippen LogP contribution is -2.31. The molecule has 14 heavy (non-hydrogen) atoms. The zero-order valence-electron chi connectivity index (χ0n) is 8.86. The van der Waals surface area contributed by atoms with Crippen LogP contribution in [0.5, 0.6) is 0 Å². The van der Waals surface area contributed by atoms with Gasteiger partial charge in [0.1, 0.15) is 0 Å². The van der Waals surface area contributed by atoms with Crippen LogP contribution in [0, 0.1) is 12.8 Å². The van der Waals surface area contributed by atoms with Crippen molar-refractivity contribution < 1.29 is 10.0 Å². The summed E-state index contributed by atoms with van der Waals surface area (Å²) in [7, 11) is -1.42. The van der Waals surface area contributed by atoms with E-state index in [1.54, 1.807) is 0 Å². The number of nitrogens with zero attached hydrogens (tertiary/aromatic N) is 1. The third-order valence-corrected chi connectivity index (χ3v) is 2.14. The van der Waals surface area contributed by atoms with Crippen LogP contribution in [0.4, 0.5) is 0 Å². The van der Waals surface area contributed by atoms with Crippen molar-refractivity contribution in [3.05, 3.63) is 23.5 Å². The van der Waals surface area contributed by atoms with E-state index in [9.17, 15) is 0 Å². The van der Waals surface area contributed by atoms with Gasteiger partial charge in [-0.25, -0.2) is 0 Å². The van der Waals surface area contributed by atoms with Crippen LogP contribution in [0.1, 0.15) is 25.1 Å². The first-order chi connectivity index (χ1) is 6.50. The summed E-state index contributed by atoms with van der Waals surface area (Å²) in [6.45, 7) is 6.19. The molecule has 0 radical (unpaired) electrons. The summed E-state index contributed by atoms with van der Waals surface area (Å²) in [5.41, 5.74) is 2.51. The van der Waals surface area contributed by atoms with Crippen molar-refractivity contribution in [2.24, 2.45) is 5.92 Å². The zero-order chi connectivity index (χ0) is 10.7. The fraction of sp³-hybridized carbons (Fsp3) is 0.500. The predicted octanol–water partition coefficient (Wildman–Crippen LogP) is 0.268. The molecule has 0 spiro atoms. The van der Waals surface area contributed by atoms with Gasteiger partial charge < -0.3 is 10.0 Å². The van der Waals surface area contributed by atoms with Crippen LogP contribution in [0.2, 0.25) is 0 Å². The van der Waals surface area contributed by atoms with Crippen LogP contribution >= 0.6 is 0 Å². The average Bonchev–Trinajstić information content (AvgIpc) is 2.07. The monoisotopic (exact) mass is 193 g/mol. The van der Waals surface area contributed by atoms with Gasteiger partial charge in [-0.2, -0.15) is 0 Å². The molecule has 0 aliphatic heterocycles. The van der Waals surface area contributed by atoms with Crippen molar-refractivity contribution in [3.63, 3.8) is 0 Å². The van der Waals surface area contributed by atoms with Crippen molar-refractivity contribution in [1.29, 1.82) is 0 Å². The molecule has 0 aromatic carbocycles. The maximum absolute atomic E-state index is 8.99. The molecule has 1 heterocycles. The summed E-state index contributed by atoms with van der Waals surface area (Å²) in [4.78, 5) is 4.13. The van der Waals surface area contributed by atoms with Gasteiger partial charge in [0.2, 0.25) is 0 Å². The smallest absolute Gasteiger partial charge is 0.423 e. The van der Waals surface area contributed by atoms with Crippen LogP contribution in [0.15, 0.2) is 12.3 Å². The molecule has 4 heteroatoms. The summed E-state index contributed by atoms with van der Waals surface area (Å²) in [5, 5.41) is 18.0. The molecule has 1 rings (SSSR count). The lowest BCUT2D eigenvalue weighted by Gasteiger charge is -2.09. The summed E-state index contributed by atoms with van der Waals surface area (Å²) >= 11 is 0. The number of aryl methyl sites for hydroxylation is 1. The van der Waals surface area contributed by atoms with Crippen molar-refractivity contribution in [2.75, 3.05) is 0 Å². The van der Waals surface area contributed by atoms with Crippen LogP contribution < -0.4 is 5.46 Å². The molecule has 0 atom stereocenters. The van der Waals surface area contributed by atoms with Crippen LogP contribution in [0.25, 0.3) is 0 Å². The van der Waals surface area contributed by atoms with Gasteiger partial charge in [-0.3, -0.25) is 4.98 Å². The van der Waals surface area contributed by atoms with E-state index < -0.39 is 7.12 Å². The van der Waals surface area contributed by atoms with Crippen molar-refractivity contribution in [3.8, 4) is 0 Å². The highest BCUT2D eigenvalue weighted by atomic mass is 16.4. The van der Waals surface area contributed by atoms with Gasteiger partial charge in [0.15, 0.2) is 0 Å². The Morgan fingerprint density at radius 1 is 1.43 bits per heavy atom. The number of pyridine rings is 1. The standard InChI is InChI=1S/C10H16BNO2/c1-7(2)4-9-5-10(11(13)14)6-12-8(9)3/h5-7,13-14H,4H2,1-3H3. The second kappa shape index (κ2) is 4.57. The molecule has 76 valence electrons. The molecule has 0 aliphatic carbocycles. The Bertz CT molecular complexity index is 313. The molecule has 1 aromatic rings. The van der Waals surface area contributed by atoms with Crippen molar-refractivity contribution in [1.82, 2.24) is 4.98 Å².